The molecule has 1 aromatic rings. The summed E-state index contributed by atoms with van der Waals surface area (Å²) >= 11 is 0. The predicted molar refractivity (Wildman–Crippen MR) is 84.6 cm³/mol. The number of piperidine rings is 1. The van der Waals surface area contributed by atoms with Crippen LogP contribution in [0, 0.1) is 12.3 Å². The summed E-state index contributed by atoms with van der Waals surface area (Å²) in [4.78, 5) is 14.1. The molecule has 21 heavy (non-hydrogen) atoms. The summed E-state index contributed by atoms with van der Waals surface area (Å²) in [5.41, 5.74) is 1.12. The van der Waals surface area contributed by atoms with Crippen LogP contribution in [-0.2, 0) is 11.3 Å². The van der Waals surface area contributed by atoms with Gasteiger partial charge in [-0.05, 0) is 18.4 Å². The number of hydrogen-bond acceptors (Lipinski definition) is 3. The number of carbonyl (C=O) groups is 1. The molecule has 0 saturated carbocycles. The second-order valence-corrected chi connectivity index (χ2v) is 5.40. The molecule has 1 aromatic carbocycles. The first-order valence-corrected chi connectivity index (χ1v) is 7.48. The minimum atomic E-state index is 0.0462. The van der Waals surface area contributed by atoms with E-state index < -0.39 is 0 Å². The zero-order chi connectivity index (χ0) is 14.9. The summed E-state index contributed by atoms with van der Waals surface area (Å²) in [5.74, 6) is 2.72. The molecular formula is C17H23N3O. The first-order valence-electron chi connectivity index (χ1n) is 7.48. The first-order chi connectivity index (χ1) is 10.3. The second kappa shape index (κ2) is 8.46. The largest absolute Gasteiger partial charge is 0.351 e. The van der Waals surface area contributed by atoms with E-state index in [0.717, 1.165) is 38.0 Å². The van der Waals surface area contributed by atoms with E-state index in [1.54, 1.807) is 0 Å². The Hall–Kier alpha value is -1.83. The van der Waals surface area contributed by atoms with Crippen LogP contribution in [0.15, 0.2) is 30.3 Å². The number of hydrogen-bond donors (Lipinski definition) is 2. The highest BCUT2D eigenvalue weighted by molar-refractivity contribution is 5.78. The topological polar surface area (TPSA) is 44.4 Å². The van der Waals surface area contributed by atoms with Gasteiger partial charge < -0.3 is 10.6 Å². The van der Waals surface area contributed by atoms with E-state index in [9.17, 15) is 4.79 Å². The van der Waals surface area contributed by atoms with Gasteiger partial charge in [0.05, 0.1) is 13.1 Å². The van der Waals surface area contributed by atoms with Gasteiger partial charge >= 0.3 is 0 Å². The fourth-order valence-corrected chi connectivity index (χ4v) is 2.52. The quantitative estimate of drug-likeness (QED) is 0.766. The number of nitrogens with one attached hydrogen (secondary N) is 2. The minimum Gasteiger partial charge on any atom is -0.351 e. The summed E-state index contributed by atoms with van der Waals surface area (Å²) < 4.78 is 0. The molecule has 0 atom stereocenters. The van der Waals surface area contributed by atoms with Gasteiger partial charge in [0.2, 0.25) is 5.91 Å². The van der Waals surface area contributed by atoms with Crippen LogP contribution < -0.4 is 10.6 Å². The van der Waals surface area contributed by atoms with E-state index in [2.05, 4.69) is 21.5 Å². The van der Waals surface area contributed by atoms with Gasteiger partial charge in [0.25, 0.3) is 0 Å². The molecule has 2 rings (SSSR count). The molecule has 0 spiro atoms. The SMILES string of the molecule is C#CCN1CCC(NCC(=O)NCc2ccccc2)CC1. The molecule has 4 heteroatoms. The van der Waals surface area contributed by atoms with Crippen molar-refractivity contribution in [3.63, 3.8) is 0 Å². The van der Waals surface area contributed by atoms with E-state index >= 15 is 0 Å². The maximum Gasteiger partial charge on any atom is 0.234 e. The number of amides is 1. The molecule has 4 nitrogen and oxygen atoms in total. The third-order valence-electron chi connectivity index (χ3n) is 3.79. The van der Waals surface area contributed by atoms with Gasteiger partial charge in [-0.2, -0.15) is 0 Å². The van der Waals surface area contributed by atoms with Crippen LogP contribution in [-0.4, -0.2) is 43.0 Å². The van der Waals surface area contributed by atoms with E-state index in [4.69, 9.17) is 6.42 Å². The van der Waals surface area contributed by atoms with Crippen molar-refractivity contribution in [2.75, 3.05) is 26.2 Å². The van der Waals surface area contributed by atoms with Crippen LogP contribution in [0.3, 0.4) is 0 Å². The molecule has 1 amide bonds. The Kier molecular flexibility index (Phi) is 6.26. The number of carbonyl (C=O) groups excluding carboxylic acids is 1. The lowest BCUT2D eigenvalue weighted by molar-refractivity contribution is -0.120. The maximum atomic E-state index is 11.8. The molecule has 1 heterocycles. The highest BCUT2D eigenvalue weighted by Gasteiger charge is 2.18. The van der Waals surface area contributed by atoms with Gasteiger partial charge in [-0.25, -0.2) is 0 Å². The minimum absolute atomic E-state index is 0.0462. The Bertz CT molecular complexity index is 473. The number of rotatable bonds is 6. The van der Waals surface area contributed by atoms with Crippen LogP contribution in [0.4, 0.5) is 0 Å². The zero-order valence-electron chi connectivity index (χ0n) is 12.3. The normalized spacial score (nSPS) is 16.3. The van der Waals surface area contributed by atoms with Crippen LogP contribution in [0.1, 0.15) is 18.4 Å². The van der Waals surface area contributed by atoms with Gasteiger partial charge in [0.15, 0.2) is 0 Å². The molecule has 0 unspecified atom stereocenters. The molecule has 0 aromatic heterocycles. The highest BCUT2D eigenvalue weighted by atomic mass is 16.1. The molecule has 0 bridgehead atoms. The van der Waals surface area contributed by atoms with E-state index in [-0.39, 0.29) is 5.91 Å². The van der Waals surface area contributed by atoms with Crippen LogP contribution in [0.25, 0.3) is 0 Å². The number of likely N-dealkylation sites (tertiary alicyclic amines) is 1. The summed E-state index contributed by atoms with van der Waals surface area (Å²) in [6.07, 6.45) is 7.41. The first kappa shape index (κ1) is 15.6. The standard InChI is InChI=1S/C17H23N3O/c1-2-10-20-11-8-16(9-12-20)18-14-17(21)19-13-15-6-4-3-5-7-15/h1,3-7,16,18H,8-14H2,(H,19,21). The third kappa shape index (κ3) is 5.58. The Morgan fingerprint density at radius 1 is 1.29 bits per heavy atom. The van der Waals surface area contributed by atoms with Crippen molar-refractivity contribution in [3.05, 3.63) is 35.9 Å². The van der Waals surface area contributed by atoms with Crippen LogP contribution >= 0.6 is 0 Å². The predicted octanol–water partition coefficient (Wildman–Crippen LogP) is 0.990. The lowest BCUT2D eigenvalue weighted by atomic mass is 10.1. The van der Waals surface area contributed by atoms with Gasteiger partial charge in [-0.3, -0.25) is 9.69 Å². The van der Waals surface area contributed by atoms with E-state index in [1.807, 2.05) is 30.3 Å². The van der Waals surface area contributed by atoms with Gasteiger partial charge in [-0.1, -0.05) is 36.3 Å². The van der Waals surface area contributed by atoms with Crippen LogP contribution in [0.5, 0.6) is 0 Å². The molecule has 0 aliphatic carbocycles. The fraction of sp³-hybridized carbons (Fsp3) is 0.471. The molecular weight excluding hydrogens is 262 g/mol. The number of terminal acetylenes is 1. The number of nitrogens with zero attached hydrogens (tertiary/aromatic N) is 1. The average molecular weight is 285 g/mol. The van der Waals surface area contributed by atoms with Crippen molar-refractivity contribution in [2.45, 2.75) is 25.4 Å². The Morgan fingerprint density at radius 3 is 2.67 bits per heavy atom. The lowest BCUT2D eigenvalue weighted by Crippen LogP contribution is -2.45. The van der Waals surface area contributed by atoms with Gasteiger partial charge in [0.1, 0.15) is 0 Å². The monoisotopic (exact) mass is 285 g/mol. The smallest absolute Gasteiger partial charge is 0.234 e. The van der Waals surface area contributed by atoms with Crippen molar-refractivity contribution in [1.29, 1.82) is 0 Å². The molecule has 112 valence electrons. The Morgan fingerprint density at radius 2 is 2.00 bits per heavy atom. The average Bonchev–Trinajstić information content (AvgIpc) is 2.53. The molecule has 1 saturated heterocycles. The van der Waals surface area contributed by atoms with E-state index in [0.29, 0.717) is 19.1 Å². The maximum absolute atomic E-state index is 11.8. The zero-order valence-corrected chi connectivity index (χ0v) is 12.3. The van der Waals surface area contributed by atoms with Crippen molar-refractivity contribution in [1.82, 2.24) is 15.5 Å². The lowest BCUT2D eigenvalue weighted by Gasteiger charge is -2.31. The van der Waals surface area contributed by atoms with Crippen molar-refractivity contribution in [3.8, 4) is 12.3 Å². The fourth-order valence-electron chi connectivity index (χ4n) is 2.52. The molecule has 0 radical (unpaired) electrons. The summed E-state index contributed by atoms with van der Waals surface area (Å²) in [5, 5.41) is 6.26. The Balaban J connectivity index is 1.60. The van der Waals surface area contributed by atoms with Gasteiger partial charge in [-0.15, -0.1) is 6.42 Å². The molecule has 1 fully saturated rings. The number of benzene rings is 1. The van der Waals surface area contributed by atoms with Crippen molar-refractivity contribution >= 4 is 5.91 Å². The van der Waals surface area contributed by atoms with E-state index in [1.165, 1.54) is 0 Å². The summed E-state index contributed by atoms with van der Waals surface area (Å²) in [6, 6.07) is 10.4. The molecule has 2 N–H and O–H groups in total. The van der Waals surface area contributed by atoms with Crippen molar-refractivity contribution in [2.24, 2.45) is 0 Å². The molecule has 1 aliphatic rings. The highest BCUT2D eigenvalue weighted by Crippen LogP contribution is 2.09. The second-order valence-electron chi connectivity index (χ2n) is 5.40. The van der Waals surface area contributed by atoms with Crippen molar-refractivity contribution < 1.29 is 4.79 Å². The van der Waals surface area contributed by atoms with Gasteiger partial charge in [0, 0.05) is 25.7 Å². The third-order valence-corrected chi connectivity index (χ3v) is 3.79. The molecule has 1 aliphatic heterocycles. The van der Waals surface area contributed by atoms with Crippen LogP contribution in [0.2, 0.25) is 0 Å². The Labute approximate surface area is 126 Å². The summed E-state index contributed by atoms with van der Waals surface area (Å²) in [7, 11) is 0. The summed E-state index contributed by atoms with van der Waals surface area (Å²) in [6.45, 7) is 3.71.